The Morgan fingerprint density at radius 3 is 2.94 bits per heavy atom. The molecule has 5 heteroatoms. The molecule has 0 spiro atoms. The molecule has 0 unspecified atom stereocenters. The maximum Gasteiger partial charge on any atom is 0.255 e. The minimum Gasteiger partial charge on any atom is -0.352 e. The van der Waals surface area contributed by atoms with Gasteiger partial charge in [-0.15, -0.1) is 0 Å². The quantitative estimate of drug-likeness (QED) is 0.869. The van der Waals surface area contributed by atoms with E-state index in [1.165, 1.54) is 0 Å². The summed E-state index contributed by atoms with van der Waals surface area (Å²) in [6.45, 7) is 6.80. The highest BCUT2D eigenvalue weighted by Crippen LogP contribution is 2.18. The van der Waals surface area contributed by atoms with Crippen LogP contribution in [-0.2, 0) is 0 Å². The van der Waals surface area contributed by atoms with E-state index in [9.17, 15) is 4.79 Å². The van der Waals surface area contributed by atoms with Crippen molar-refractivity contribution < 1.29 is 4.79 Å². The zero-order chi connectivity index (χ0) is 13.1. The van der Waals surface area contributed by atoms with Gasteiger partial charge in [0.15, 0.2) is 5.65 Å². The van der Waals surface area contributed by atoms with Crippen LogP contribution in [0.1, 0.15) is 49.2 Å². The summed E-state index contributed by atoms with van der Waals surface area (Å²) in [6, 6.07) is 0. The molecule has 0 aliphatic heterocycles. The first-order valence-electron chi connectivity index (χ1n) is 6.25. The van der Waals surface area contributed by atoms with Gasteiger partial charge in [0.05, 0.1) is 17.5 Å². The van der Waals surface area contributed by atoms with Crippen LogP contribution in [0.4, 0.5) is 0 Å². The van der Waals surface area contributed by atoms with Crippen LogP contribution in [0.5, 0.6) is 0 Å². The maximum atomic E-state index is 12.0. The fourth-order valence-corrected chi connectivity index (χ4v) is 1.69. The third-order valence-corrected chi connectivity index (χ3v) is 2.77. The minimum atomic E-state index is -0.0988. The third-order valence-electron chi connectivity index (χ3n) is 2.77. The number of hydrogen-bond acceptors (Lipinski definition) is 3. The first kappa shape index (κ1) is 12.5. The Morgan fingerprint density at radius 2 is 2.28 bits per heavy atom. The molecule has 2 N–H and O–H groups in total. The SMILES string of the molecule is CCCNC(=O)c1c[nH]c2ncc(C(C)C)nc12. The van der Waals surface area contributed by atoms with E-state index in [4.69, 9.17) is 0 Å². The third kappa shape index (κ3) is 2.34. The summed E-state index contributed by atoms with van der Waals surface area (Å²) in [5.74, 6) is 0.196. The number of fused-ring (bicyclic) bond motifs is 1. The molecule has 0 aromatic carbocycles. The van der Waals surface area contributed by atoms with Gasteiger partial charge in [-0.1, -0.05) is 20.8 Å². The highest BCUT2D eigenvalue weighted by Gasteiger charge is 2.14. The largest absolute Gasteiger partial charge is 0.352 e. The number of H-pyrrole nitrogens is 1. The molecule has 0 radical (unpaired) electrons. The molecule has 0 aliphatic rings. The predicted molar refractivity (Wildman–Crippen MR) is 70.6 cm³/mol. The van der Waals surface area contributed by atoms with Gasteiger partial charge in [0, 0.05) is 12.7 Å². The number of rotatable bonds is 4. The summed E-state index contributed by atoms with van der Waals surface area (Å²) in [7, 11) is 0. The smallest absolute Gasteiger partial charge is 0.255 e. The Labute approximate surface area is 106 Å². The van der Waals surface area contributed by atoms with Crippen LogP contribution in [0.3, 0.4) is 0 Å². The topological polar surface area (TPSA) is 70.7 Å². The summed E-state index contributed by atoms with van der Waals surface area (Å²) in [5, 5.41) is 2.85. The van der Waals surface area contributed by atoms with Crippen molar-refractivity contribution in [1.29, 1.82) is 0 Å². The number of nitrogens with zero attached hydrogens (tertiary/aromatic N) is 2. The molecule has 0 atom stereocenters. The molecule has 2 rings (SSSR count). The first-order valence-corrected chi connectivity index (χ1v) is 6.25. The van der Waals surface area contributed by atoms with Gasteiger partial charge in [-0.3, -0.25) is 4.79 Å². The fraction of sp³-hybridized carbons (Fsp3) is 0.462. The van der Waals surface area contributed by atoms with E-state index >= 15 is 0 Å². The average molecular weight is 246 g/mol. The van der Waals surface area contributed by atoms with Crippen LogP contribution in [0.2, 0.25) is 0 Å². The van der Waals surface area contributed by atoms with Crippen LogP contribution in [0.25, 0.3) is 11.2 Å². The molecular formula is C13H18N4O. The molecule has 0 saturated heterocycles. The van der Waals surface area contributed by atoms with Crippen molar-refractivity contribution in [2.45, 2.75) is 33.1 Å². The van der Waals surface area contributed by atoms with Crippen LogP contribution in [-0.4, -0.2) is 27.4 Å². The van der Waals surface area contributed by atoms with Crippen LogP contribution >= 0.6 is 0 Å². The second-order valence-corrected chi connectivity index (χ2v) is 4.61. The summed E-state index contributed by atoms with van der Waals surface area (Å²) in [5.41, 5.74) is 2.76. The van der Waals surface area contributed by atoms with Gasteiger partial charge in [0.2, 0.25) is 0 Å². The Hall–Kier alpha value is -1.91. The molecule has 18 heavy (non-hydrogen) atoms. The lowest BCUT2D eigenvalue weighted by molar-refractivity contribution is 0.0955. The van der Waals surface area contributed by atoms with E-state index < -0.39 is 0 Å². The molecule has 0 saturated carbocycles. The van der Waals surface area contributed by atoms with Crippen molar-refractivity contribution in [3.8, 4) is 0 Å². The van der Waals surface area contributed by atoms with E-state index in [0.29, 0.717) is 29.2 Å². The van der Waals surface area contributed by atoms with Crippen molar-refractivity contribution >= 4 is 17.1 Å². The maximum absolute atomic E-state index is 12.0. The van der Waals surface area contributed by atoms with Crippen molar-refractivity contribution in [1.82, 2.24) is 20.3 Å². The van der Waals surface area contributed by atoms with Crippen LogP contribution in [0, 0.1) is 0 Å². The zero-order valence-electron chi connectivity index (χ0n) is 10.9. The summed E-state index contributed by atoms with van der Waals surface area (Å²) in [4.78, 5) is 23.7. The predicted octanol–water partition coefficient (Wildman–Crippen LogP) is 2.22. The number of amides is 1. The normalized spacial score (nSPS) is 11.1. The Morgan fingerprint density at radius 1 is 1.50 bits per heavy atom. The molecule has 2 aromatic heterocycles. The van der Waals surface area contributed by atoms with E-state index in [1.54, 1.807) is 12.4 Å². The van der Waals surface area contributed by atoms with E-state index in [2.05, 4.69) is 34.1 Å². The number of carbonyl (C=O) groups excluding carboxylic acids is 1. The lowest BCUT2D eigenvalue weighted by atomic mass is 10.1. The van der Waals surface area contributed by atoms with Crippen LogP contribution < -0.4 is 5.32 Å². The average Bonchev–Trinajstić information content (AvgIpc) is 2.78. The van der Waals surface area contributed by atoms with Gasteiger partial charge < -0.3 is 10.3 Å². The van der Waals surface area contributed by atoms with Gasteiger partial charge in [0.1, 0.15) is 5.52 Å². The van der Waals surface area contributed by atoms with Crippen molar-refractivity contribution in [3.63, 3.8) is 0 Å². The van der Waals surface area contributed by atoms with Crippen molar-refractivity contribution in [3.05, 3.63) is 23.7 Å². The van der Waals surface area contributed by atoms with Crippen molar-refractivity contribution in [2.75, 3.05) is 6.54 Å². The second kappa shape index (κ2) is 5.16. The summed E-state index contributed by atoms with van der Waals surface area (Å²) >= 11 is 0. The molecule has 0 bridgehead atoms. The molecule has 0 fully saturated rings. The van der Waals surface area contributed by atoms with Gasteiger partial charge >= 0.3 is 0 Å². The van der Waals surface area contributed by atoms with E-state index in [-0.39, 0.29) is 5.91 Å². The number of aromatic amines is 1. The Kier molecular flexibility index (Phi) is 3.60. The van der Waals surface area contributed by atoms with E-state index in [0.717, 1.165) is 12.1 Å². The lowest BCUT2D eigenvalue weighted by Crippen LogP contribution is -2.23. The number of hydrogen-bond donors (Lipinski definition) is 2. The number of nitrogens with one attached hydrogen (secondary N) is 2. The van der Waals surface area contributed by atoms with Gasteiger partial charge in [-0.25, -0.2) is 9.97 Å². The van der Waals surface area contributed by atoms with Crippen molar-refractivity contribution in [2.24, 2.45) is 0 Å². The zero-order valence-corrected chi connectivity index (χ0v) is 10.9. The molecular weight excluding hydrogens is 228 g/mol. The molecule has 2 heterocycles. The summed E-state index contributed by atoms with van der Waals surface area (Å²) < 4.78 is 0. The number of aromatic nitrogens is 3. The Bertz CT molecular complexity index is 559. The van der Waals surface area contributed by atoms with Gasteiger partial charge in [-0.05, 0) is 12.3 Å². The van der Waals surface area contributed by atoms with Gasteiger partial charge in [-0.2, -0.15) is 0 Å². The molecule has 1 amide bonds. The molecule has 5 nitrogen and oxygen atoms in total. The fourth-order valence-electron chi connectivity index (χ4n) is 1.69. The van der Waals surface area contributed by atoms with E-state index in [1.807, 2.05) is 6.92 Å². The number of carbonyl (C=O) groups is 1. The molecule has 96 valence electrons. The second-order valence-electron chi connectivity index (χ2n) is 4.61. The molecule has 2 aromatic rings. The lowest BCUT2D eigenvalue weighted by Gasteiger charge is -2.04. The highest BCUT2D eigenvalue weighted by atomic mass is 16.1. The highest BCUT2D eigenvalue weighted by molar-refractivity contribution is 6.04. The standard InChI is InChI=1S/C13H18N4O/c1-4-5-14-13(18)9-6-15-12-11(9)17-10(7-16-12)8(2)3/h6-8H,4-5H2,1-3H3,(H,14,18)(H,15,16). The van der Waals surface area contributed by atoms with Gasteiger partial charge in [0.25, 0.3) is 5.91 Å². The Balaban J connectivity index is 2.39. The van der Waals surface area contributed by atoms with Crippen LogP contribution in [0.15, 0.2) is 12.4 Å². The first-order chi connectivity index (χ1) is 8.63. The minimum absolute atomic E-state index is 0.0988. The monoisotopic (exact) mass is 246 g/mol. The summed E-state index contributed by atoms with van der Waals surface area (Å²) in [6.07, 6.45) is 4.33. The molecule has 0 aliphatic carbocycles.